The van der Waals surface area contributed by atoms with Gasteiger partial charge in [0.25, 0.3) is 40.5 Å². The van der Waals surface area contributed by atoms with E-state index in [1.54, 1.807) is 63.4 Å². The van der Waals surface area contributed by atoms with Gasteiger partial charge >= 0.3 is 0 Å². The maximum atomic E-state index is 10.5. The minimum absolute atomic E-state index is 0.0666. The van der Waals surface area contributed by atoms with Crippen molar-refractivity contribution >= 4 is 143 Å². The molecule has 0 unspecified atom stereocenters. The molecule has 0 aliphatic carbocycles. The molecule has 0 bridgehead atoms. The molecule has 2 aromatic heterocycles. The predicted octanol–water partition coefficient (Wildman–Crippen LogP) is 30.3. The molecule has 0 saturated heterocycles. The molecule has 678 valence electrons. The van der Waals surface area contributed by atoms with Crippen molar-refractivity contribution in [3.05, 3.63) is 236 Å². The molecule has 0 radical (unpaired) electrons. The standard InChI is InChI=1S/2C13H14S.C12H13NS.2C9H12S.C8H11NS.C7H8O3S.2C4H10O3S.2C4H10.4C2H6.CH4O3S/c2*1-10(2)14-13-8-7-11-5-3-4-6-12(11)9-13;1-9(2)14-12-7-10-5-3-4-6-11(10)8-13-12;2*1-8(2)10-9-6-4-3-5-7-9;1-7(2)10-8-5-3-4-6-9-8;1-6-2-4-7(5-3-6)11(8,9)10;2*1-4(2)7-8(3,5)6;2*1-4(2)3;4*1-2;1-5(2,3)4/h2*3-10H,1-2H3;3-9H,1-2H3;2*3-8H,1-2H3;3-7H,1-2H3;2-5H,1H3,(H,8,9,10);2*4H,1-3H3;2*4H,1-3H3;4*1-2H3;1H3,(H,2,3,4). The second kappa shape index (κ2) is 75.0. The Morgan fingerprint density at radius 1 is 0.292 bits per heavy atom. The summed E-state index contributed by atoms with van der Waals surface area (Å²) in [6.07, 6.45) is 6.06. The lowest BCUT2D eigenvalue weighted by atomic mass is 10.1. The van der Waals surface area contributed by atoms with Crippen molar-refractivity contribution in [2.24, 2.45) is 11.8 Å². The van der Waals surface area contributed by atoms with Crippen molar-refractivity contribution in [2.45, 2.75) is 293 Å². The molecule has 120 heavy (non-hydrogen) atoms. The summed E-state index contributed by atoms with van der Waals surface area (Å²) in [5, 5.41) is 13.9. The van der Waals surface area contributed by atoms with Gasteiger partial charge in [0.2, 0.25) is 0 Å². The van der Waals surface area contributed by atoms with Gasteiger partial charge in [-0.3, -0.25) is 17.5 Å². The van der Waals surface area contributed by atoms with Gasteiger partial charge in [-0.1, -0.05) is 325 Å². The Labute approximate surface area is 757 Å². The third-order valence-electron chi connectivity index (χ3n) is 11.4. The Bertz CT molecular complexity index is 4190. The van der Waals surface area contributed by atoms with Gasteiger partial charge in [-0.15, -0.1) is 70.6 Å². The van der Waals surface area contributed by atoms with Crippen molar-refractivity contribution in [2.75, 3.05) is 18.8 Å². The third-order valence-corrected chi connectivity index (χ3v) is 19.7. The van der Waals surface area contributed by atoms with Gasteiger partial charge in [0, 0.05) is 68.9 Å². The van der Waals surface area contributed by atoms with E-state index in [0.717, 1.165) is 40.0 Å². The quantitative estimate of drug-likeness (QED) is 0.0491. The SMILES string of the molecule is CC.CC.CC.CC.CC(C)C.CC(C)C.CC(C)OS(C)(=O)=O.CC(C)OS(C)(=O)=O.CC(C)Sc1cc2ccccc2cn1.CC(C)Sc1ccc2ccccc2c1.CC(C)Sc1ccc2ccccc2c1.CC(C)Sc1ccccc1.CC(C)Sc1ccccc1.CC(C)Sc1ccccn1.CS(=O)(=O)O.Cc1ccc(S(=O)(=O)O)cc1. The van der Waals surface area contributed by atoms with Crippen LogP contribution in [0.1, 0.15) is 213 Å². The predicted molar refractivity (Wildman–Crippen MR) is 540 cm³/mol. The molecule has 2 N–H and O–H groups in total. The molecule has 0 atom stereocenters. The zero-order valence-corrected chi connectivity index (χ0v) is 86.8. The van der Waals surface area contributed by atoms with Gasteiger partial charge in [0.1, 0.15) is 0 Å². The van der Waals surface area contributed by atoms with E-state index >= 15 is 0 Å². The van der Waals surface area contributed by atoms with Crippen LogP contribution >= 0.6 is 70.6 Å². The van der Waals surface area contributed by atoms with Crippen LogP contribution < -0.4 is 0 Å². The lowest BCUT2D eigenvalue weighted by molar-refractivity contribution is 0.250. The molecule has 10 aromatic rings. The van der Waals surface area contributed by atoms with Crippen LogP contribution in [0.3, 0.4) is 0 Å². The first-order valence-corrected chi connectivity index (χ1v) is 53.2. The van der Waals surface area contributed by atoms with E-state index in [2.05, 4.69) is 301 Å². The maximum absolute atomic E-state index is 10.5. The lowest BCUT2D eigenvalue weighted by Gasteiger charge is -2.05. The van der Waals surface area contributed by atoms with Gasteiger partial charge in [0.15, 0.2) is 0 Å². The van der Waals surface area contributed by atoms with Gasteiger partial charge in [-0.05, 0) is 152 Å². The largest absolute Gasteiger partial charge is 0.294 e. The highest BCUT2D eigenvalue weighted by Crippen LogP contribution is 2.29. The summed E-state index contributed by atoms with van der Waals surface area (Å²) in [4.78, 5) is 14.0. The number of nitrogens with zero attached hydrogens (tertiary/aromatic N) is 2. The maximum Gasteiger partial charge on any atom is 0.294 e. The normalized spacial score (nSPS) is 10.4. The molecule has 24 heteroatoms. The second-order valence-corrected chi connectivity index (χ2v) is 44.2. The van der Waals surface area contributed by atoms with Crippen molar-refractivity contribution < 1.29 is 51.1 Å². The van der Waals surface area contributed by atoms with E-state index in [0.29, 0.717) is 37.8 Å². The average molecular weight is 1850 g/mol. The molecule has 8 aromatic carbocycles. The average Bonchev–Trinajstić information content (AvgIpc) is 0.857. The first-order chi connectivity index (χ1) is 55.9. The molecule has 10 rings (SSSR count). The van der Waals surface area contributed by atoms with Gasteiger partial charge in [-0.2, -0.15) is 33.7 Å². The smallest absolute Gasteiger partial charge is 0.286 e. The van der Waals surface area contributed by atoms with Gasteiger partial charge in [-0.25, -0.2) is 9.97 Å². The van der Waals surface area contributed by atoms with Crippen LogP contribution in [0.25, 0.3) is 32.3 Å². The van der Waals surface area contributed by atoms with Crippen LogP contribution in [0.4, 0.5) is 0 Å². The third kappa shape index (κ3) is 84.8. The second-order valence-electron chi connectivity index (χ2n) is 28.4. The first-order valence-electron chi connectivity index (χ1n) is 41.0. The highest BCUT2D eigenvalue weighted by atomic mass is 32.2. The minimum atomic E-state index is -4.02. The fourth-order valence-corrected chi connectivity index (χ4v) is 14.9. The van der Waals surface area contributed by atoms with Crippen LogP contribution in [0, 0.1) is 18.8 Å². The molecule has 0 amide bonds. The Hall–Kier alpha value is -5.42. The van der Waals surface area contributed by atoms with Crippen molar-refractivity contribution in [3.8, 4) is 0 Å². The molecule has 0 saturated carbocycles. The van der Waals surface area contributed by atoms with Crippen LogP contribution in [-0.4, -0.2) is 115 Å². The molecule has 0 aliphatic heterocycles. The van der Waals surface area contributed by atoms with Crippen molar-refractivity contribution in [1.29, 1.82) is 0 Å². The Kier molecular flexibility index (Phi) is 78.3. The van der Waals surface area contributed by atoms with E-state index < -0.39 is 40.5 Å². The highest BCUT2D eigenvalue weighted by Gasteiger charge is 2.09. The van der Waals surface area contributed by atoms with Gasteiger partial charge < -0.3 is 0 Å². The summed E-state index contributed by atoms with van der Waals surface area (Å²) >= 11 is 11.2. The number of rotatable bonds is 17. The molecule has 14 nitrogen and oxygen atoms in total. The molecular weight excluding hydrogens is 1690 g/mol. The summed E-state index contributed by atoms with van der Waals surface area (Å²) in [7, 11) is -14.1. The molecule has 0 aliphatic rings. The Balaban J connectivity index is -0.000000297. The fourth-order valence-electron chi connectivity index (χ4n) is 8.01. The van der Waals surface area contributed by atoms with Crippen LogP contribution in [-0.2, 0) is 48.8 Å². The Morgan fingerprint density at radius 3 is 0.825 bits per heavy atom. The summed E-state index contributed by atoms with van der Waals surface area (Å²) < 4.78 is 105. The number of benzene rings is 8. The van der Waals surface area contributed by atoms with Gasteiger partial charge in [0.05, 0.1) is 45.9 Å². The fraction of sp³-hybridized carbons (Fsp3) is 0.458. The number of fused-ring (bicyclic) bond motifs is 3. The first kappa shape index (κ1) is 125. The number of hydrogen-bond acceptors (Lipinski definition) is 18. The summed E-state index contributed by atoms with van der Waals surface area (Å²) in [5.74, 6) is 1.67. The van der Waals surface area contributed by atoms with Crippen LogP contribution in [0.5, 0.6) is 0 Å². The Morgan fingerprint density at radius 2 is 0.558 bits per heavy atom. The van der Waals surface area contributed by atoms with E-state index in [1.165, 1.54) is 64.0 Å². The van der Waals surface area contributed by atoms with E-state index in [9.17, 15) is 33.7 Å². The summed E-state index contributed by atoms with van der Waals surface area (Å²) in [6, 6.07) is 73.7. The number of thioether (sulfide) groups is 6. The van der Waals surface area contributed by atoms with E-state index in [4.69, 9.17) is 9.11 Å². The number of pyridine rings is 2. The van der Waals surface area contributed by atoms with Crippen molar-refractivity contribution in [3.63, 3.8) is 0 Å². The summed E-state index contributed by atoms with van der Waals surface area (Å²) in [5.41, 5.74) is 0.956. The number of hydrogen-bond donors (Lipinski definition) is 2. The number of aromatic nitrogens is 2. The van der Waals surface area contributed by atoms with Crippen LogP contribution in [0.15, 0.2) is 265 Å². The molecular formula is C96H152N2O12S10. The summed E-state index contributed by atoms with van der Waals surface area (Å²) in [6.45, 7) is 63.9. The molecule has 0 spiro atoms. The lowest BCUT2D eigenvalue weighted by Crippen LogP contribution is -2.09. The minimum Gasteiger partial charge on any atom is -0.286 e. The molecule has 2 heterocycles. The van der Waals surface area contributed by atoms with Crippen molar-refractivity contribution in [1.82, 2.24) is 9.97 Å². The zero-order chi connectivity index (χ0) is 93.8. The topological polar surface area (TPSA) is 221 Å². The zero-order valence-electron chi connectivity index (χ0n) is 78.7. The monoisotopic (exact) mass is 1840 g/mol. The number of aryl methyl sites for hydroxylation is 1. The van der Waals surface area contributed by atoms with E-state index in [-0.39, 0.29) is 17.1 Å². The highest BCUT2D eigenvalue weighted by molar-refractivity contribution is 8.01. The van der Waals surface area contributed by atoms with E-state index in [1.807, 2.05) is 158 Å². The van der Waals surface area contributed by atoms with Crippen LogP contribution in [0.2, 0.25) is 0 Å². The molecule has 0 fully saturated rings.